The first-order valence-corrected chi connectivity index (χ1v) is 9.96. The van der Waals surface area contributed by atoms with Crippen LogP contribution in [0.4, 0.5) is 11.6 Å². The monoisotopic (exact) mass is 436 g/mol. The molecule has 28 heavy (non-hydrogen) atoms. The minimum absolute atomic E-state index is 0.374. The second-order valence-corrected chi connectivity index (χ2v) is 7.52. The second kappa shape index (κ2) is 8.39. The van der Waals surface area contributed by atoms with Crippen molar-refractivity contribution in [2.45, 2.75) is 19.4 Å². The van der Waals surface area contributed by atoms with Gasteiger partial charge in [0.05, 0.1) is 10.7 Å². The fourth-order valence-electron chi connectivity index (χ4n) is 3.00. The third-order valence-electron chi connectivity index (χ3n) is 4.58. The lowest BCUT2D eigenvalue weighted by atomic mass is 10.0. The molecule has 4 aromatic rings. The summed E-state index contributed by atoms with van der Waals surface area (Å²) in [6, 6.07) is 16.4. The molecule has 0 amide bonds. The highest BCUT2D eigenvalue weighted by atomic mass is 79.9. The van der Waals surface area contributed by atoms with E-state index in [0.29, 0.717) is 12.5 Å². The van der Waals surface area contributed by atoms with Gasteiger partial charge in [0.2, 0.25) is 0 Å². The predicted molar refractivity (Wildman–Crippen MR) is 116 cm³/mol. The Bertz CT molecular complexity index is 1050. The van der Waals surface area contributed by atoms with Crippen LogP contribution in [-0.4, -0.2) is 26.1 Å². The SMILES string of the molecule is CC(CNc1cc(NCc2cccnc2)n2ncc(Br)c2n1)c1ccccc1. The van der Waals surface area contributed by atoms with Crippen LogP contribution in [-0.2, 0) is 6.54 Å². The summed E-state index contributed by atoms with van der Waals surface area (Å²) in [4.78, 5) is 8.87. The standard InChI is InChI=1S/C21H21BrN6/c1-15(17-7-3-2-4-8-17)11-24-19-10-20(25-13-16-6-5-9-23-12-16)28-21(27-19)18(22)14-26-28/h2-10,12,14-15,25H,11,13H2,1H3,(H,24,27). The Kier molecular flexibility index (Phi) is 5.53. The molecule has 0 saturated carbocycles. The van der Waals surface area contributed by atoms with Gasteiger partial charge in [0.25, 0.3) is 0 Å². The van der Waals surface area contributed by atoms with Gasteiger partial charge in [-0.3, -0.25) is 4.98 Å². The van der Waals surface area contributed by atoms with Crippen molar-refractivity contribution in [3.05, 3.63) is 82.7 Å². The van der Waals surface area contributed by atoms with Gasteiger partial charge >= 0.3 is 0 Å². The van der Waals surface area contributed by atoms with E-state index < -0.39 is 0 Å². The Morgan fingerprint density at radius 2 is 1.93 bits per heavy atom. The minimum atomic E-state index is 0.374. The van der Waals surface area contributed by atoms with Crippen molar-refractivity contribution in [1.82, 2.24) is 19.6 Å². The maximum atomic E-state index is 4.71. The zero-order chi connectivity index (χ0) is 19.3. The van der Waals surface area contributed by atoms with E-state index in [9.17, 15) is 0 Å². The van der Waals surface area contributed by atoms with E-state index in [1.807, 2.05) is 30.5 Å². The summed E-state index contributed by atoms with van der Waals surface area (Å²) in [6.07, 6.45) is 5.38. The van der Waals surface area contributed by atoms with Crippen LogP contribution in [0.3, 0.4) is 0 Å². The molecule has 0 saturated heterocycles. The third-order valence-corrected chi connectivity index (χ3v) is 5.14. The number of nitrogens with one attached hydrogen (secondary N) is 2. The first-order chi connectivity index (χ1) is 13.7. The summed E-state index contributed by atoms with van der Waals surface area (Å²) in [5, 5.41) is 11.3. The van der Waals surface area contributed by atoms with Crippen molar-refractivity contribution in [3.8, 4) is 0 Å². The summed E-state index contributed by atoms with van der Waals surface area (Å²) < 4.78 is 2.66. The quantitative estimate of drug-likeness (QED) is 0.438. The number of benzene rings is 1. The summed E-state index contributed by atoms with van der Waals surface area (Å²) in [6.45, 7) is 3.66. The van der Waals surface area contributed by atoms with Crippen LogP contribution in [0, 0.1) is 0 Å². The van der Waals surface area contributed by atoms with E-state index in [0.717, 1.165) is 33.9 Å². The van der Waals surface area contributed by atoms with Gasteiger partial charge in [0, 0.05) is 31.5 Å². The molecule has 0 aliphatic heterocycles. The molecule has 3 heterocycles. The molecule has 0 aliphatic carbocycles. The van der Waals surface area contributed by atoms with Crippen LogP contribution in [0.25, 0.3) is 5.65 Å². The van der Waals surface area contributed by atoms with E-state index in [2.05, 4.69) is 67.8 Å². The van der Waals surface area contributed by atoms with Gasteiger partial charge in [0.1, 0.15) is 11.6 Å². The zero-order valence-corrected chi connectivity index (χ0v) is 17.1. The molecule has 7 heteroatoms. The number of rotatable bonds is 7. The highest BCUT2D eigenvalue weighted by molar-refractivity contribution is 9.10. The predicted octanol–water partition coefficient (Wildman–Crippen LogP) is 4.71. The number of hydrogen-bond acceptors (Lipinski definition) is 5. The lowest BCUT2D eigenvalue weighted by molar-refractivity contribution is 0.800. The smallest absolute Gasteiger partial charge is 0.173 e. The fourth-order valence-corrected chi connectivity index (χ4v) is 3.35. The Hall–Kier alpha value is -2.93. The van der Waals surface area contributed by atoms with Gasteiger partial charge in [-0.15, -0.1) is 0 Å². The highest BCUT2D eigenvalue weighted by Gasteiger charge is 2.11. The number of halogens is 1. The summed E-state index contributed by atoms with van der Waals surface area (Å²) in [7, 11) is 0. The van der Waals surface area contributed by atoms with E-state index in [4.69, 9.17) is 4.98 Å². The topological polar surface area (TPSA) is 67.1 Å². The molecular weight excluding hydrogens is 416 g/mol. The molecule has 1 aromatic carbocycles. The minimum Gasteiger partial charge on any atom is -0.369 e. The van der Waals surface area contributed by atoms with Gasteiger partial charge in [-0.25, -0.2) is 4.98 Å². The van der Waals surface area contributed by atoms with Crippen molar-refractivity contribution in [3.63, 3.8) is 0 Å². The third kappa shape index (κ3) is 4.14. The van der Waals surface area contributed by atoms with Gasteiger partial charge < -0.3 is 10.6 Å². The van der Waals surface area contributed by atoms with Crippen LogP contribution in [0.15, 0.2) is 71.6 Å². The van der Waals surface area contributed by atoms with Gasteiger partial charge in [-0.1, -0.05) is 43.3 Å². The second-order valence-electron chi connectivity index (χ2n) is 6.66. The summed E-state index contributed by atoms with van der Waals surface area (Å²) in [5.74, 6) is 2.05. The van der Waals surface area contributed by atoms with Gasteiger partial charge in [0.15, 0.2) is 5.65 Å². The van der Waals surface area contributed by atoms with Gasteiger partial charge in [-0.2, -0.15) is 9.61 Å². The maximum absolute atomic E-state index is 4.71. The first kappa shape index (κ1) is 18.4. The Morgan fingerprint density at radius 1 is 1.07 bits per heavy atom. The van der Waals surface area contributed by atoms with E-state index in [1.165, 1.54) is 5.56 Å². The molecule has 4 rings (SSSR count). The molecule has 142 valence electrons. The number of nitrogens with zero attached hydrogens (tertiary/aromatic N) is 4. The van der Waals surface area contributed by atoms with Crippen molar-refractivity contribution in [1.29, 1.82) is 0 Å². The normalized spacial score (nSPS) is 12.1. The Balaban J connectivity index is 1.54. The molecule has 0 aliphatic rings. The molecule has 0 bridgehead atoms. The largest absolute Gasteiger partial charge is 0.369 e. The maximum Gasteiger partial charge on any atom is 0.173 e. The molecule has 1 unspecified atom stereocenters. The molecule has 0 fully saturated rings. The average Bonchev–Trinajstić information content (AvgIpc) is 3.12. The van der Waals surface area contributed by atoms with Crippen LogP contribution < -0.4 is 10.6 Å². The molecule has 1 atom stereocenters. The van der Waals surface area contributed by atoms with Crippen molar-refractivity contribution < 1.29 is 0 Å². The molecular formula is C21H21BrN6. The van der Waals surface area contributed by atoms with E-state index >= 15 is 0 Å². The van der Waals surface area contributed by atoms with Crippen LogP contribution in [0.1, 0.15) is 24.0 Å². The summed E-state index contributed by atoms with van der Waals surface area (Å²) >= 11 is 3.54. The molecule has 0 spiro atoms. The first-order valence-electron chi connectivity index (χ1n) is 9.16. The number of pyridine rings is 1. The summed E-state index contributed by atoms with van der Waals surface area (Å²) in [5.41, 5.74) is 3.17. The van der Waals surface area contributed by atoms with Crippen molar-refractivity contribution in [2.24, 2.45) is 0 Å². The lowest BCUT2D eigenvalue weighted by Crippen LogP contribution is -2.13. The van der Waals surface area contributed by atoms with Crippen LogP contribution >= 0.6 is 15.9 Å². The average molecular weight is 437 g/mol. The fraction of sp³-hybridized carbons (Fsp3) is 0.190. The molecule has 3 aromatic heterocycles. The Labute approximate surface area is 172 Å². The highest BCUT2D eigenvalue weighted by Crippen LogP contribution is 2.23. The number of fused-ring (bicyclic) bond motifs is 1. The number of anilines is 2. The van der Waals surface area contributed by atoms with Gasteiger partial charge in [-0.05, 0) is 39.0 Å². The van der Waals surface area contributed by atoms with E-state index in [-0.39, 0.29) is 0 Å². The van der Waals surface area contributed by atoms with Crippen molar-refractivity contribution in [2.75, 3.05) is 17.2 Å². The number of hydrogen-bond donors (Lipinski definition) is 2. The lowest BCUT2D eigenvalue weighted by Gasteiger charge is -2.15. The number of aromatic nitrogens is 4. The zero-order valence-electron chi connectivity index (χ0n) is 15.5. The van der Waals surface area contributed by atoms with Crippen LogP contribution in [0.2, 0.25) is 0 Å². The Morgan fingerprint density at radius 3 is 2.71 bits per heavy atom. The van der Waals surface area contributed by atoms with Crippen LogP contribution in [0.5, 0.6) is 0 Å². The van der Waals surface area contributed by atoms with Crippen molar-refractivity contribution >= 4 is 33.2 Å². The van der Waals surface area contributed by atoms with E-state index in [1.54, 1.807) is 16.9 Å². The molecule has 6 nitrogen and oxygen atoms in total. The molecule has 0 radical (unpaired) electrons. The molecule has 2 N–H and O–H groups in total.